The van der Waals surface area contributed by atoms with Gasteiger partial charge in [0.25, 0.3) is 0 Å². The molecule has 0 aromatic carbocycles. The molecule has 14 heteroatoms. The lowest BCUT2D eigenvalue weighted by atomic mass is 9.97. The summed E-state index contributed by atoms with van der Waals surface area (Å²) in [4.78, 5) is 13.3. The van der Waals surface area contributed by atoms with E-state index < -0.39 is 86.8 Å². The largest absolute Gasteiger partial charge is 0.394 e. The first-order valence-corrected chi connectivity index (χ1v) is 36.1. The molecule has 0 bridgehead atoms. The summed E-state index contributed by atoms with van der Waals surface area (Å²) in [5.74, 6) is -0.255. The van der Waals surface area contributed by atoms with Gasteiger partial charge in [0.1, 0.15) is 48.8 Å². The number of ether oxygens (including phenoxy) is 4. The van der Waals surface area contributed by atoms with Crippen molar-refractivity contribution >= 4 is 5.91 Å². The monoisotopic (exact) mass is 1290 g/mol. The molecule has 0 radical (unpaired) electrons. The number of rotatable bonds is 57. The van der Waals surface area contributed by atoms with Crippen LogP contribution in [0.3, 0.4) is 0 Å². The van der Waals surface area contributed by atoms with E-state index in [1.165, 1.54) is 83.5 Å². The zero-order valence-electron chi connectivity index (χ0n) is 57.0. The van der Waals surface area contributed by atoms with Crippen molar-refractivity contribution in [2.75, 3.05) is 19.8 Å². The van der Waals surface area contributed by atoms with Gasteiger partial charge in [-0.25, -0.2) is 0 Å². The van der Waals surface area contributed by atoms with E-state index in [4.69, 9.17) is 18.9 Å². The summed E-state index contributed by atoms with van der Waals surface area (Å²) in [6.07, 6.45) is 74.7. The Bertz CT molecular complexity index is 2110. The van der Waals surface area contributed by atoms with Gasteiger partial charge in [-0.3, -0.25) is 4.79 Å². The van der Waals surface area contributed by atoms with Crippen LogP contribution in [0.2, 0.25) is 0 Å². The fourth-order valence-corrected chi connectivity index (χ4v) is 10.8. The summed E-state index contributed by atoms with van der Waals surface area (Å²) in [7, 11) is 0. The van der Waals surface area contributed by atoms with Crippen molar-refractivity contribution in [2.45, 2.75) is 319 Å². The Morgan fingerprint density at radius 2 is 0.750 bits per heavy atom. The van der Waals surface area contributed by atoms with Gasteiger partial charge in [-0.05, 0) is 103 Å². The molecule has 0 aromatic heterocycles. The summed E-state index contributed by atoms with van der Waals surface area (Å²) < 4.78 is 22.8. The topological polar surface area (TPSA) is 228 Å². The number of allylic oxidation sites excluding steroid dienone is 23. The van der Waals surface area contributed by atoms with E-state index in [1.807, 2.05) is 6.08 Å². The molecule has 92 heavy (non-hydrogen) atoms. The van der Waals surface area contributed by atoms with Crippen molar-refractivity contribution in [3.05, 3.63) is 146 Å². The summed E-state index contributed by atoms with van der Waals surface area (Å²) in [6, 6.07) is -0.931. The molecule has 524 valence electrons. The van der Waals surface area contributed by atoms with Gasteiger partial charge in [-0.15, -0.1) is 0 Å². The van der Waals surface area contributed by atoms with Crippen molar-refractivity contribution in [1.29, 1.82) is 0 Å². The van der Waals surface area contributed by atoms with Crippen LogP contribution in [0.4, 0.5) is 0 Å². The highest BCUT2D eigenvalue weighted by atomic mass is 16.7. The van der Waals surface area contributed by atoms with Crippen LogP contribution >= 0.6 is 0 Å². The van der Waals surface area contributed by atoms with Crippen LogP contribution in [0.15, 0.2) is 146 Å². The van der Waals surface area contributed by atoms with Crippen molar-refractivity contribution in [3.63, 3.8) is 0 Å². The number of carbonyl (C=O) groups excluding carboxylic acids is 1. The Morgan fingerprint density at radius 3 is 1.15 bits per heavy atom. The molecule has 2 aliphatic heterocycles. The average molecular weight is 1290 g/mol. The van der Waals surface area contributed by atoms with E-state index in [9.17, 15) is 45.6 Å². The lowest BCUT2D eigenvalue weighted by Gasteiger charge is -2.46. The predicted molar refractivity (Wildman–Crippen MR) is 378 cm³/mol. The minimum absolute atomic E-state index is 0.255. The number of amides is 1. The second-order valence-electron chi connectivity index (χ2n) is 24.6. The zero-order valence-corrected chi connectivity index (χ0v) is 57.0. The van der Waals surface area contributed by atoms with Gasteiger partial charge in [-0.2, -0.15) is 0 Å². The van der Waals surface area contributed by atoms with E-state index in [2.05, 4.69) is 153 Å². The molecule has 2 rings (SSSR count). The fraction of sp³-hybridized carbons (Fsp3) is 0.679. The maximum Gasteiger partial charge on any atom is 0.220 e. The first-order valence-electron chi connectivity index (χ1n) is 36.1. The molecular formula is C78H129NO13. The van der Waals surface area contributed by atoms with Gasteiger partial charge in [0.2, 0.25) is 5.91 Å². The second-order valence-corrected chi connectivity index (χ2v) is 24.6. The van der Waals surface area contributed by atoms with E-state index in [-0.39, 0.29) is 18.9 Å². The quantitative estimate of drug-likeness (QED) is 0.0204. The highest BCUT2D eigenvalue weighted by molar-refractivity contribution is 5.76. The standard InChI is InChI=1S/C78H129NO13/c1-3-5-7-9-11-13-15-17-19-21-22-23-24-25-26-27-28-29-30-31-32-33-34-35-36-37-38-39-40-41-42-43-44-46-48-50-52-54-56-58-60-62-70(83)79-66(67(82)61-59-57-55-53-51-49-47-45-20-18-16-14-12-10-8-6-4-2)65-89-77-75(88)73(86)76(69(64-81)91-77)92-78-74(87)72(85)71(84)68(63-80)90-78/h5,7,11,13,17,19,22-23,25-26,28-29,31-32,34-35,37-38,40-41,43-44,59,61,66-69,71-78,80-82,84-88H,3-4,6,8-10,12,14-16,18,20-21,24,27,30,33,36,39,42,45-58,60,62-65H2,1-2H3,(H,79,83)/b7-5-,13-11-,19-17-,23-22-,26-25-,29-28-,32-31-,35-34-,38-37-,41-40-,44-43-,61-59+. The smallest absolute Gasteiger partial charge is 0.220 e. The van der Waals surface area contributed by atoms with Gasteiger partial charge < -0.3 is 65.1 Å². The molecule has 14 nitrogen and oxygen atoms in total. The van der Waals surface area contributed by atoms with Gasteiger partial charge in [-0.1, -0.05) is 282 Å². The summed E-state index contributed by atoms with van der Waals surface area (Å²) in [5, 5.41) is 87.4. The molecule has 2 heterocycles. The van der Waals surface area contributed by atoms with Gasteiger partial charge >= 0.3 is 0 Å². The van der Waals surface area contributed by atoms with Crippen LogP contribution in [0, 0.1) is 0 Å². The number of aliphatic hydroxyl groups is 8. The summed E-state index contributed by atoms with van der Waals surface area (Å²) >= 11 is 0. The van der Waals surface area contributed by atoms with Crippen molar-refractivity contribution in [3.8, 4) is 0 Å². The number of hydrogen-bond acceptors (Lipinski definition) is 13. The Kier molecular flexibility index (Phi) is 55.2. The zero-order chi connectivity index (χ0) is 66.6. The molecule has 2 fully saturated rings. The first-order chi connectivity index (χ1) is 45.1. The molecular weight excluding hydrogens is 1160 g/mol. The lowest BCUT2D eigenvalue weighted by Crippen LogP contribution is -2.65. The highest BCUT2D eigenvalue weighted by Crippen LogP contribution is 2.30. The van der Waals surface area contributed by atoms with E-state index in [0.717, 1.165) is 135 Å². The van der Waals surface area contributed by atoms with Crippen LogP contribution in [-0.2, 0) is 23.7 Å². The number of aliphatic hydroxyl groups excluding tert-OH is 8. The summed E-state index contributed by atoms with van der Waals surface area (Å²) in [6.45, 7) is 2.67. The van der Waals surface area contributed by atoms with Gasteiger partial charge in [0.15, 0.2) is 12.6 Å². The first kappa shape index (κ1) is 84.0. The minimum atomic E-state index is -1.80. The number of unbranched alkanes of at least 4 members (excludes halogenated alkanes) is 22. The lowest BCUT2D eigenvalue weighted by molar-refractivity contribution is -0.359. The number of carbonyl (C=O) groups is 1. The second kappa shape index (κ2) is 60.5. The normalized spacial score (nSPS) is 23.6. The molecule has 9 N–H and O–H groups in total. The van der Waals surface area contributed by atoms with E-state index in [0.29, 0.717) is 6.42 Å². The van der Waals surface area contributed by atoms with Crippen LogP contribution in [-0.4, -0.2) is 140 Å². The molecule has 0 spiro atoms. The van der Waals surface area contributed by atoms with Crippen molar-refractivity contribution in [1.82, 2.24) is 5.32 Å². The maximum absolute atomic E-state index is 13.3. The fourth-order valence-electron chi connectivity index (χ4n) is 10.8. The van der Waals surface area contributed by atoms with Crippen molar-refractivity contribution < 1.29 is 64.6 Å². The van der Waals surface area contributed by atoms with Crippen LogP contribution in [0.1, 0.15) is 245 Å². The third kappa shape index (κ3) is 43.8. The van der Waals surface area contributed by atoms with Gasteiger partial charge in [0, 0.05) is 6.42 Å². The molecule has 12 unspecified atom stereocenters. The molecule has 0 saturated carbocycles. The Labute approximate surface area is 557 Å². The Balaban J connectivity index is 1.64. The third-order valence-corrected chi connectivity index (χ3v) is 16.5. The molecule has 0 aliphatic carbocycles. The molecule has 12 atom stereocenters. The van der Waals surface area contributed by atoms with Crippen LogP contribution in [0.5, 0.6) is 0 Å². The molecule has 0 aromatic rings. The Hall–Kier alpha value is -4.13. The van der Waals surface area contributed by atoms with Gasteiger partial charge in [0.05, 0.1) is 32.0 Å². The summed E-state index contributed by atoms with van der Waals surface area (Å²) in [5.41, 5.74) is 0. The van der Waals surface area contributed by atoms with Crippen molar-refractivity contribution in [2.24, 2.45) is 0 Å². The predicted octanol–water partition coefficient (Wildman–Crippen LogP) is 15.2. The van der Waals surface area contributed by atoms with Crippen LogP contribution in [0.25, 0.3) is 0 Å². The van der Waals surface area contributed by atoms with E-state index >= 15 is 0 Å². The number of hydrogen-bond donors (Lipinski definition) is 9. The minimum Gasteiger partial charge on any atom is -0.394 e. The highest BCUT2D eigenvalue weighted by Gasteiger charge is 2.51. The SMILES string of the molecule is CC/C=C\C/C=C\C/C=C\C/C=C\C/C=C\C/C=C\C/C=C\C/C=C\C/C=C\C/C=C\C/C=C\CCCCCCCCCC(=O)NC(COC1OC(CO)C(OC2OC(CO)C(O)C(O)C2O)C(O)C1O)C(O)/C=C/CCCCCCCCCCCCCCCCC. The third-order valence-electron chi connectivity index (χ3n) is 16.5. The molecule has 1 amide bonds. The maximum atomic E-state index is 13.3. The molecule has 2 saturated heterocycles. The Morgan fingerprint density at radius 1 is 0.402 bits per heavy atom. The van der Waals surface area contributed by atoms with Crippen LogP contribution < -0.4 is 5.32 Å². The number of nitrogens with one attached hydrogen (secondary N) is 1. The molecule has 2 aliphatic rings. The van der Waals surface area contributed by atoms with E-state index in [1.54, 1.807) is 6.08 Å². The average Bonchev–Trinajstić information content (AvgIpc) is 0.856.